The Bertz CT molecular complexity index is 583. The number of amides is 1. The van der Waals surface area contributed by atoms with Crippen LogP contribution in [0.3, 0.4) is 0 Å². The number of halogens is 1. The topological polar surface area (TPSA) is 55.4 Å². The van der Waals surface area contributed by atoms with E-state index in [9.17, 15) is 9.59 Å². The Hall–Kier alpha value is -1.55. The minimum absolute atomic E-state index is 0.0667. The summed E-state index contributed by atoms with van der Waals surface area (Å²) in [7, 11) is 0. The van der Waals surface area contributed by atoms with Crippen LogP contribution >= 0.6 is 11.6 Å². The second-order valence-electron chi connectivity index (χ2n) is 5.92. The predicted octanol–water partition coefficient (Wildman–Crippen LogP) is 2.48. The molecule has 2 aliphatic carbocycles. The largest absolute Gasteiger partial charge is 0.462 e. The van der Waals surface area contributed by atoms with Crippen molar-refractivity contribution in [2.75, 3.05) is 5.32 Å². The van der Waals surface area contributed by atoms with Gasteiger partial charge < -0.3 is 10.1 Å². The van der Waals surface area contributed by atoms with Crippen molar-refractivity contribution >= 4 is 29.2 Å². The fourth-order valence-corrected chi connectivity index (χ4v) is 4.25. The lowest BCUT2D eigenvalue weighted by atomic mass is 9.79. The third-order valence-electron chi connectivity index (χ3n) is 4.90. The molecule has 2 bridgehead atoms. The number of rotatable bonds is 2. The monoisotopic (exact) mass is 291 g/mol. The van der Waals surface area contributed by atoms with Gasteiger partial charge in [-0.3, -0.25) is 9.59 Å². The standard InChI is InChI=1S/C15H14ClNO3/c16-8-1-3-9(4-2-8)17-14(18)12-7-5-10-11(6-7)20-15(19)13(10)12/h1-4,7,10-13H,5-6H2,(H,17,18)/t7-,10+,11-,12-,13-/m1/s1. The highest BCUT2D eigenvalue weighted by Crippen LogP contribution is 2.57. The zero-order valence-corrected chi connectivity index (χ0v) is 11.5. The maximum atomic E-state index is 12.5. The molecule has 0 unspecified atom stereocenters. The van der Waals surface area contributed by atoms with Gasteiger partial charge in [-0.2, -0.15) is 0 Å². The molecule has 1 N–H and O–H groups in total. The van der Waals surface area contributed by atoms with Crippen LogP contribution in [0.5, 0.6) is 0 Å². The second kappa shape index (κ2) is 4.22. The van der Waals surface area contributed by atoms with E-state index in [1.165, 1.54) is 0 Å². The van der Waals surface area contributed by atoms with E-state index < -0.39 is 0 Å². The highest BCUT2D eigenvalue weighted by Gasteiger charge is 2.63. The number of benzene rings is 1. The summed E-state index contributed by atoms with van der Waals surface area (Å²) in [5, 5.41) is 3.52. The van der Waals surface area contributed by atoms with E-state index in [4.69, 9.17) is 16.3 Å². The molecule has 2 saturated carbocycles. The molecule has 1 aromatic carbocycles. The van der Waals surface area contributed by atoms with Crippen molar-refractivity contribution in [3.63, 3.8) is 0 Å². The summed E-state index contributed by atoms with van der Waals surface area (Å²) >= 11 is 5.82. The van der Waals surface area contributed by atoms with Crippen LogP contribution < -0.4 is 5.32 Å². The zero-order chi connectivity index (χ0) is 13.9. The number of esters is 1. The summed E-state index contributed by atoms with van der Waals surface area (Å²) in [5.41, 5.74) is 0.713. The lowest BCUT2D eigenvalue weighted by Gasteiger charge is -2.23. The fraction of sp³-hybridized carbons (Fsp3) is 0.467. The maximum Gasteiger partial charge on any atom is 0.310 e. The molecule has 1 aromatic rings. The Balaban J connectivity index is 1.54. The van der Waals surface area contributed by atoms with Gasteiger partial charge in [0.05, 0.1) is 11.8 Å². The van der Waals surface area contributed by atoms with E-state index in [1.54, 1.807) is 24.3 Å². The van der Waals surface area contributed by atoms with Crippen LogP contribution in [0.15, 0.2) is 24.3 Å². The quantitative estimate of drug-likeness (QED) is 0.852. The highest BCUT2D eigenvalue weighted by atomic mass is 35.5. The van der Waals surface area contributed by atoms with Gasteiger partial charge >= 0.3 is 5.97 Å². The van der Waals surface area contributed by atoms with Crippen LogP contribution in [-0.4, -0.2) is 18.0 Å². The van der Waals surface area contributed by atoms with Crippen molar-refractivity contribution in [3.05, 3.63) is 29.3 Å². The van der Waals surface area contributed by atoms with Gasteiger partial charge in [-0.1, -0.05) is 11.6 Å². The molecular weight excluding hydrogens is 278 g/mol. The van der Waals surface area contributed by atoms with E-state index in [0.29, 0.717) is 10.7 Å². The van der Waals surface area contributed by atoms with Crippen molar-refractivity contribution in [1.29, 1.82) is 0 Å². The first-order valence-corrected chi connectivity index (χ1v) is 7.28. The van der Waals surface area contributed by atoms with Crippen LogP contribution in [-0.2, 0) is 14.3 Å². The third kappa shape index (κ3) is 1.67. The van der Waals surface area contributed by atoms with E-state index in [0.717, 1.165) is 12.8 Å². The zero-order valence-electron chi connectivity index (χ0n) is 10.7. The van der Waals surface area contributed by atoms with Gasteiger partial charge in [0.2, 0.25) is 5.91 Å². The predicted molar refractivity (Wildman–Crippen MR) is 73.2 cm³/mol. The van der Waals surface area contributed by atoms with E-state index in [-0.39, 0.29) is 41.7 Å². The molecule has 4 nitrogen and oxygen atoms in total. The average molecular weight is 292 g/mol. The van der Waals surface area contributed by atoms with Crippen LogP contribution in [0.25, 0.3) is 0 Å². The van der Waals surface area contributed by atoms with Gasteiger partial charge in [0.1, 0.15) is 6.10 Å². The smallest absolute Gasteiger partial charge is 0.310 e. The number of carbonyl (C=O) groups is 2. The van der Waals surface area contributed by atoms with Crippen molar-refractivity contribution in [1.82, 2.24) is 0 Å². The molecule has 1 heterocycles. The van der Waals surface area contributed by atoms with Gasteiger partial charge in [0.25, 0.3) is 0 Å². The molecule has 1 saturated heterocycles. The molecule has 0 radical (unpaired) electrons. The number of carbonyl (C=O) groups excluding carboxylic acids is 2. The van der Waals surface area contributed by atoms with Crippen molar-refractivity contribution < 1.29 is 14.3 Å². The summed E-state index contributed by atoms with van der Waals surface area (Å²) in [5.74, 6) is -0.173. The Kier molecular flexibility index (Phi) is 2.58. The Morgan fingerprint density at radius 2 is 2.00 bits per heavy atom. The molecule has 3 aliphatic rings. The van der Waals surface area contributed by atoms with E-state index in [1.807, 2.05) is 0 Å². The van der Waals surface area contributed by atoms with Crippen LogP contribution in [0.2, 0.25) is 5.02 Å². The van der Waals surface area contributed by atoms with Crippen LogP contribution in [0.1, 0.15) is 12.8 Å². The molecule has 3 fully saturated rings. The molecule has 1 amide bonds. The lowest BCUT2D eigenvalue weighted by molar-refractivity contribution is -0.145. The first kappa shape index (κ1) is 12.2. The summed E-state index contributed by atoms with van der Waals surface area (Å²) in [6.45, 7) is 0. The summed E-state index contributed by atoms with van der Waals surface area (Å²) in [4.78, 5) is 24.4. The molecule has 5 heteroatoms. The van der Waals surface area contributed by atoms with Crippen LogP contribution in [0, 0.1) is 23.7 Å². The summed E-state index contributed by atoms with van der Waals surface area (Å²) < 4.78 is 5.35. The minimum atomic E-state index is -0.234. The number of ether oxygens (including phenoxy) is 1. The number of anilines is 1. The Labute approximate surface area is 121 Å². The first-order chi connectivity index (χ1) is 9.63. The SMILES string of the molecule is O=C(Nc1ccc(Cl)cc1)[C@@H]1[C@@H]2C[C@@H]3[C@H]1C(=O)O[C@@H]3C2. The molecule has 1 aliphatic heterocycles. The Morgan fingerprint density at radius 3 is 2.75 bits per heavy atom. The molecular formula is C15H14ClNO3. The second-order valence-corrected chi connectivity index (χ2v) is 6.35. The van der Waals surface area contributed by atoms with Crippen LogP contribution in [0.4, 0.5) is 5.69 Å². The fourth-order valence-electron chi connectivity index (χ4n) is 4.12. The maximum absolute atomic E-state index is 12.5. The molecule has 0 aromatic heterocycles. The summed E-state index contributed by atoms with van der Waals surface area (Å²) in [6, 6.07) is 7.00. The lowest BCUT2D eigenvalue weighted by Crippen LogP contribution is -2.35. The van der Waals surface area contributed by atoms with E-state index >= 15 is 0 Å². The minimum Gasteiger partial charge on any atom is -0.462 e. The summed E-state index contributed by atoms with van der Waals surface area (Å²) in [6.07, 6.45) is 1.85. The van der Waals surface area contributed by atoms with Gasteiger partial charge in [0, 0.05) is 16.6 Å². The normalized spacial score (nSPS) is 37.0. The van der Waals surface area contributed by atoms with Gasteiger partial charge in [-0.15, -0.1) is 0 Å². The highest BCUT2D eigenvalue weighted by molar-refractivity contribution is 6.30. The van der Waals surface area contributed by atoms with Crippen molar-refractivity contribution in [3.8, 4) is 0 Å². The number of hydrogen-bond acceptors (Lipinski definition) is 3. The third-order valence-corrected chi connectivity index (χ3v) is 5.15. The molecule has 0 spiro atoms. The molecule has 20 heavy (non-hydrogen) atoms. The van der Waals surface area contributed by atoms with E-state index in [2.05, 4.69) is 5.32 Å². The van der Waals surface area contributed by atoms with Crippen molar-refractivity contribution in [2.45, 2.75) is 18.9 Å². The molecule has 104 valence electrons. The number of fused-ring (bicyclic) bond motifs is 1. The van der Waals surface area contributed by atoms with Gasteiger partial charge in [-0.25, -0.2) is 0 Å². The number of hydrogen-bond donors (Lipinski definition) is 1. The molecule has 5 atom stereocenters. The van der Waals surface area contributed by atoms with Gasteiger partial charge in [-0.05, 0) is 43.0 Å². The number of nitrogens with one attached hydrogen (secondary N) is 1. The molecule has 4 rings (SSSR count). The van der Waals surface area contributed by atoms with Gasteiger partial charge in [0.15, 0.2) is 0 Å². The van der Waals surface area contributed by atoms with Crippen molar-refractivity contribution in [2.24, 2.45) is 23.7 Å². The Morgan fingerprint density at radius 1 is 1.25 bits per heavy atom. The first-order valence-electron chi connectivity index (χ1n) is 6.90. The average Bonchev–Trinajstić information content (AvgIpc) is 3.02.